The van der Waals surface area contributed by atoms with E-state index in [1.54, 1.807) is 12.4 Å². The van der Waals surface area contributed by atoms with Gasteiger partial charge in [0.25, 0.3) is 0 Å². The molecule has 0 spiro atoms. The summed E-state index contributed by atoms with van der Waals surface area (Å²) in [6.45, 7) is 4.91. The number of rotatable bonds is 3. The molecule has 1 aromatic heterocycles. The van der Waals surface area contributed by atoms with Crippen molar-refractivity contribution in [3.8, 4) is 0 Å². The molecule has 1 aromatic rings. The van der Waals surface area contributed by atoms with Crippen LogP contribution in [0, 0.1) is 0 Å². The lowest BCUT2D eigenvalue weighted by Gasteiger charge is -2.39. The van der Waals surface area contributed by atoms with E-state index in [2.05, 4.69) is 27.1 Å². The molecule has 0 bridgehead atoms. The molecule has 0 amide bonds. The SMILES string of the molecule is CCC(N)C1CNCCN1c1ncccn1. The molecular formula is C11H19N5. The van der Waals surface area contributed by atoms with Crippen LogP contribution in [0.15, 0.2) is 18.5 Å². The van der Waals surface area contributed by atoms with Gasteiger partial charge in [0, 0.05) is 38.1 Å². The van der Waals surface area contributed by atoms with E-state index in [9.17, 15) is 0 Å². The number of piperazine rings is 1. The molecule has 1 saturated heterocycles. The van der Waals surface area contributed by atoms with E-state index in [1.165, 1.54) is 0 Å². The Labute approximate surface area is 96.1 Å². The van der Waals surface area contributed by atoms with Gasteiger partial charge in [0.05, 0.1) is 6.04 Å². The van der Waals surface area contributed by atoms with Gasteiger partial charge in [0.1, 0.15) is 0 Å². The number of hydrogen-bond acceptors (Lipinski definition) is 5. The molecule has 2 unspecified atom stereocenters. The summed E-state index contributed by atoms with van der Waals surface area (Å²) in [4.78, 5) is 10.8. The molecule has 0 aliphatic carbocycles. The lowest BCUT2D eigenvalue weighted by atomic mass is 10.0. The first-order chi connectivity index (χ1) is 7.83. The molecule has 2 atom stereocenters. The number of anilines is 1. The number of aromatic nitrogens is 2. The Morgan fingerprint density at radius 1 is 1.56 bits per heavy atom. The largest absolute Gasteiger partial charge is 0.334 e. The summed E-state index contributed by atoms with van der Waals surface area (Å²) < 4.78 is 0. The van der Waals surface area contributed by atoms with Crippen molar-refractivity contribution < 1.29 is 0 Å². The summed E-state index contributed by atoms with van der Waals surface area (Å²) in [6, 6.07) is 2.29. The molecule has 2 rings (SSSR count). The van der Waals surface area contributed by atoms with Crippen LogP contribution in [0.5, 0.6) is 0 Å². The second kappa shape index (κ2) is 5.23. The maximum Gasteiger partial charge on any atom is 0.225 e. The van der Waals surface area contributed by atoms with Gasteiger partial charge in [-0.25, -0.2) is 9.97 Å². The maximum absolute atomic E-state index is 6.14. The van der Waals surface area contributed by atoms with Crippen LogP contribution in [0.4, 0.5) is 5.95 Å². The van der Waals surface area contributed by atoms with Gasteiger partial charge in [0.2, 0.25) is 5.95 Å². The zero-order valence-corrected chi connectivity index (χ0v) is 9.63. The average molecular weight is 221 g/mol. The van der Waals surface area contributed by atoms with Crippen molar-refractivity contribution >= 4 is 5.95 Å². The first kappa shape index (κ1) is 11.3. The lowest BCUT2D eigenvalue weighted by molar-refractivity contribution is 0.403. The van der Waals surface area contributed by atoms with E-state index in [1.807, 2.05) is 6.07 Å². The minimum Gasteiger partial charge on any atom is -0.334 e. The number of nitrogens with zero attached hydrogens (tertiary/aromatic N) is 3. The third-order valence-electron chi connectivity index (χ3n) is 3.06. The van der Waals surface area contributed by atoms with E-state index in [0.29, 0.717) is 6.04 Å². The van der Waals surface area contributed by atoms with Gasteiger partial charge in [-0.15, -0.1) is 0 Å². The lowest BCUT2D eigenvalue weighted by Crippen LogP contribution is -2.59. The van der Waals surface area contributed by atoms with Crippen molar-refractivity contribution in [3.05, 3.63) is 18.5 Å². The third-order valence-corrected chi connectivity index (χ3v) is 3.06. The first-order valence-electron chi connectivity index (χ1n) is 5.83. The van der Waals surface area contributed by atoms with Crippen molar-refractivity contribution in [1.82, 2.24) is 15.3 Å². The Kier molecular flexibility index (Phi) is 3.69. The zero-order chi connectivity index (χ0) is 11.4. The third kappa shape index (κ3) is 2.31. The van der Waals surface area contributed by atoms with Crippen LogP contribution in [0.25, 0.3) is 0 Å². The fraction of sp³-hybridized carbons (Fsp3) is 0.636. The molecule has 0 saturated carbocycles. The summed E-state index contributed by atoms with van der Waals surface area (Å²) >= 11 is 0. The maximum atomic E-state index is 6.14. The molecule has 1 fully saturated rings. The fourth-order valence-electron chi connectivity index (χ4n) is 2.07. The van der Waals surface area contributed by atoms with E-state index < -0.39 is 0 Å². The summed E-state index contributed by atoms with van der Waals surface area (Å²) in [6.07, 6.45) is 4.52. The molecule has 2 heterocycles. The minimum atomic E-state index is 0.164. The predicted octanol–water partition coefficient (Wildman–Crippen LogP) is -0.00790. The van der Waals surface area contributed by atoms with Gasteiger partial charge >= 0.3 is 0 Å². The Hall–Kier alpha value is -1.20. The van der Waals surface area contributed by atoms with Crippen molar-refractivity contribution in [2.75, 3.05) is 24.5 Å². The quantitative estimate of drug-likeness (QED) is 0.751. The summed E-state index contributed by atoms with van der Waals surface area (Å²) in [7, 11) is 0. The molecule has 88 valence electrons. The van der Waals surface area contributed by atoms with Gasteiger partial charge in [0.15, 0.2) is 0 Å². The monoisotopic (exact) mass is 221 g/mol. The van der Waals surface area contributed by atoms with Crippen LogP contribution in [0.2, 0.25) is 0 Å². The topological polar surface area (TPSA) is 67.1 Å². The van der Waals surface area contributed by atoms with Gasteiger partial charge in [-0.2, -0.15) is 0 Å². The second-order valence-corrected chi connectivity index (χ2v) is 4.09. The molecule has 5 heteroatoms. The second-order valence-electron chi connectivity index (χ2n) is 4.09. The normalized spacial score (nSPS) is 23.1. The zero-order valence-electron chi connectivity index (χ0n) is 9.63. The van der Waals surface area contributed by atoms with Crippen molar-refractivity contribution in [3.63, 3.8) is 0 Å². The van der Waals surface area contributed by atoms with Gasteiger partial charge in [-0.1, -0.05) is 6.92 Å². The summed E-state index contributed by atoms with van der Waals surface area (Å²) in [5.41, 5.74) is 6.14. The van der Waals surface area contributed by atoms with Crippen LogP contribution in [-0.4, -0.2) is 41.7 Å². The Morgan fingerprint density at radius 3 is 3.00 bits per heavy atom. The van der Waals surface area contributed by atoms with E-state index in [0.717, 1.165) is 32.0 Å². The van der Waals surface area contributed by atoms with Crippen molar-refractivity contribution in [2.45, 2.75) is 25.4 Å². The van der Waals surface area contributed by atoms with Gasteiger partial charge < -0.3 is 16.0 Å². The van der Waals surface area contributed by atoms with Gasteiger partial charge in [-0.3, -0.25) is 0 Å². The van der Waals surface area contributed by atoms with Crippen LogP contribution >= 0.6 is 0 Å². The molecule has 16 heavy (non-hydrogen) atoms. The Morgan fingerprint density at radius 2 is 2.31 bits per heavy atom. The van der Waals surface area contributed by atoms with Crippen LogP contribution in [0.1, 0.15) is 13.3 Å². The van der Waals surface area contributed by atoms with E-state index in [-0.39, 0.29) is 6.04 Å². The highest BCUT2D eigenvalue weighted by atomic mass is 15.3. The van der Waals surface area contributed by atoms with Crippen LogP contribution < -0.4 is 16.0 Å². The molecule has 5 nitrogen and oxygen atoms in total. The molecule has 1 aliphatic rings. The molecule has 0 radical (unpaired) electrons. The highest BCUT2D eigenvalue weighted by Gasteiger charge is 2.28. The van der Waals surface area contributed by atoms with Crippen molar-refractivity contribution in [2.24, 2.45) is 5.73 Å². The van der Waals surface area contributed by atoms with Crippen LogP contribution in [0.3, 0.4) is 0 Å². The van der Waals surface area contributed by atoms with Gasteiger partial charge in [-0.05, 0) is 12.5 Å². The van der Waals surface area contributed by atoms with E-state index >= 15 is 0 Å². The Balaban J connectivity index is 2.16. The van der Waals surface area contributed by atoms with E-state index in [4.69, 9.17) is 5.73 Å². The highest BCUT2D eigenvalue weighted by Crippen LogP contribution is 2.15. The molecule has 3 N–H and O–H groups in total. The summed E-state index contributed by atoms with van der Waals surface area (Å²) in [5.74, 6) is 0.790. The summed E-state index contributed by atoms with van der Waals surface area (Å²) in [5, 5.41) is 3.37. The number of nitrogens with two attached hydrogens (primary N) is 1. The molecular weight excluding hydrogens is 202 g/mol. The number of nitrogens with one attached hydrogen (secondary N) is 1. The smallest absolute Gasteiger partial charge is 0.225 e. The van der Waals surface area contributed by atoms with Crippen LogP contribution in [-0.2, 0) is 0 Å². The standard InChI is InChI=1S/C11H19N5/c1-2-9(12)10-8-13-6-7-16(10)11-14-4-3-5-15-11/h3-5,9-10,13H,2,6-8,12H2,1H3. The highest BCUT2D eigenvalue weighted by molar-refractivity contribution is 5.32. The average Bonchev–Trinajstić information content (AvgIpc) is 2.39. The minimum absolute atomic E-state index is 0.164. The molecule has 0 aromatic carbocycles. The Bertz CT molecular complexity index is 315. The molecule has 1 aliphatic heterocycles. The first-order valence-corrected chi connectivity index (χ1v) is 5.83. The number of hydrogen-bond donors (Lipinski definition) is 2. The van der Waals surface area contributed by atoms with Crippen molar-refractivity contribution in [1.29, 1.82) is 0 Å². The predicted molar refractivity (Wildman–Crippen MR) is 64.3 cm³/mol. The fourth-order valence-corrected chi connectivity index (χ4v) is 2.07.